The van der Waals surface area contributed by atoms with E-state index >= 15 is 0 Å². The van der Waals surface area contributed by atoms with Crippen LogP contribution in [0.3, 0.4) is 0 Å². The highest BCUT2D eigenvalue weighted by molar-refractivity contribution is 7.92. The molecule has 0 aliphatic rings. The summed E-state index contributed by atoms with van der Waals surface area (Å²) >= 11 is 0. The lowest BCUT2D eigenvalue weighted by atomic mass is 10.2. The van der Waals surface area contributed by atoms with E-state index in [2.05, 4.69) is 4.83 Å². The molecule has 8 heteroatoms. The Morgan fingerprint density at radius 2 is 1.95 bits per heavy atom. The fraction of sp³-hybridized carbons (Fsp3) is 0.0833. The lowest BCUT2D eigenvalue weighted by Crippen LogP contribution is -2.22. The molecule has 0 bridgehead atoms. The van der Waals surface area contributed by atoms with Gasteiger partial charge in [0.15, 0.2) is 0 Å². The van der Waals surface area contributed by atoms with Crippen LogP contribution < -0.4 is 9.57 Å². The van der Waals surface area contributed by atoms with E-state index in [0.717, 1.165) is 6.07 Å². The first-order chi connectivity index (χ1) is 9.44. The van der Waals surface area contributed by atoms with E-state index in [9.17, 15) is 13.2 Å². The Labute approximate surface area is 115 Å². The summed E-state index contributed by atoms with van der Waals surface area (Å²) in [5.41, 5.74) is -0.140. The smallest absolute Gasteiger partial charge is 0.335 e. The summed E-state index contributed by atoms with van der Waals surface area (Å²) in [5, 5.41) is 8.93. The van der Waals surface area contributed by atoms with Crippen LogP contribution in [0.1, 0.15) is 10.4 Å². The lowest BCUT2D eigenvalue weighted by Gasteiger charge is -2.12. The number of hydrogen-bond acceptors (Lipinski definition) is 4. The van der Waals surface area contributed by atoms with Gasteiger partial charge in [0, 0.05) is 12.4 Å². The van der Waals surface area contributed by atoms with Gasteiger partial charge in [0.05, 0.1) is 12.7 Å². The summed E-state index contributed by atoms with van der Waals surface area (Å²) in [6.07, 6.45) is 3.01. The van der Waals surface area contributed by atoms with Crippen molar-refractivity contribution in [2.75, 3.05) is 11.9 Å². The predicted octanol–water partition coefficient (Wildman–Crippen LogP) is 1.13. The van der Waals surface area contributed by atoms with Crippen LogP contribution in [0.15, 0.2) is 47.6 Å². The normalized spacial score (nSPS) is 11.1. The molecule has 0 atom stereocenters. The molecule has 0 amide bonds. The number of sulfonamides is 1. The molecule has 2 rings (SSSR count). The molecule has 0 aliphatic heterocycles. The van der Waals surface area contributed by atoms with Crippen LogP contribution in [-0.2, 0) is 10.0 Å². The van der Waals surface area contributed by atoms with Gasteiger partial charge in [-0.2, -0.15) is 8.42 Å². The van der Waals surface area contributed by atoms with E-state index < -0.39 is 16.0 Å². The minimum absolute atomic E-state index is 0.0645. The summed E-state index contributed by atoms with van der Waals surface area (Å²) in [6.45, 7) is 0. The molecule has 0 saturated carbocycles. The minimum atomic E-state index is -3.96. The Kier molecular flexibility index (Phi) is 3.66. The number of hydrogen-bond donors (Lipinski definition) is 2. The van der Waals surface area contributed by atoms with Crippen molar-refractivity contribution < 1.29 is 23.1 Å². The average Bonchev–Trinajstić information content (AvgIpc) is 2.90. The minimum Gasteiger partial charge on any atom is -0.495 e. The molecular formula is C12H12N2O5S. The third-order valence-corrected chi connectivity index (χ3v) is 3.88. The number of nitrogens with zero attached hydrogens (tertiary/aromatic N) is 1. The Morgan fingerprint density at radius 1 is 1.30 bits per heavy atom. The highest BCUT2D eigenvalue weighted by Gasteiger charge is 2.21. The Balaban J connectivity index is 2.48. The topological polar surface area (TPSA) is 97.6 Å². The summed E-state index contributed by atoms with van der Waals surface area (Å²) in [4.78, 5) is 13.0. The number of carboxylic acids is 1. The molecule has 0 saturated heterocycles. The maximum Gasteiger partial charge on any atom is 0.335 e. The molecule has 0 fully saturated rings. The maximum absolute atomic E-state index is 12.2. The van der Waals surface area contributed by atoms with Crippen molar-refractivity contribution in [3.8, 4) is 5.75 Å². The van der Waals surface area contributed by atoms with Gasteiger partial charge in [0.2, 0.25) is 0 Å². The number of benzene rings is 1. The molecule has 20 heavy (non-hydrogen) atoms. The fourth-order valence-corrected chi connectivity index (χ4v) is 2.80. The molecule has 1 aromatic carbocycles. The number of ether oxygens (including phenoxy) is 1. The predicted molar refractivity (Wildman–Crippen MR) is 70.9 cm³/mol. The first-order valence-electron chi connectivity index (χ1n) is 5.51. The largest absolute Gasteiger partial charge is 0.495 e. The second-order valence-corrected chi connectivity index (χ2v) is 5.49. The number of carboxylic acid groups (broad SMARTS) is 1. The molecule has 0 unspecified atom stereocenters. The number of aromatic nitrogens is 1. The SMILES string of the molecule is COc1ccc(C(=O)O)cc1S(=O)(=O)Nn1cccc1. The Bertz CT molecular complexity index is 722. The zero-order valence-electron chi connectivity index (χ0n) is 10.5. The Morgan fingerprint density at radius 3 is 2.50 bits per heavy atom. The number of methoxy groups -OCH3 is 1. The number of carbonyl (C=O) groups is 1. The van der Waals surface area contributed by atoms with Gasteiger partial charge in [0.25, 0.3) is 10.0 Å². The molecule has 1 aromatic heterocycles. The van der Waals surface area contributed by atoms with Crippen LogP contribution in [0.25, 0.3) is 0 Å². The van der Waals surface area contributed by atoms with E-state index in [1.807, 2.05) is 0 Å². The van der Waals surface area contributed by atoms with E-state index in [1.165, 1.54) is 36.3 Å². The molecule has 0 radical (unpaired) electrons. The van der Waals surface area contributed by atoms with Crippen molar-refractivity contribution in [2.45, 2.75) is 4.90 Å². The number of rotatable bonds is 5. The van der Waals surface area contributed by atoms with Crippen LogP contribution in [0.2, 0.25) is 0 Å². The summed E-state index contributed by atoms with van der Waals surface area (Å²) in [7, 11) is -2.65. The summed E-state index contributed by atoms with van der Waals surface area (Å²) in [6, 6.07) is 6.91. The summed E-state index contributed by atoms with van der Waals surface area (Å²) in [5.74, 6) is -1.15. The quantitative estimate of drug-likeness (QED) is 0.862. The van der Waals surface area contributed by atoms with Crippen molar-refractivity contribution in [1.29, 1.82) is 0 Å². The van der Waals surface area contributed by atoms with E-state index in [1.54, 1.807) is 12.1 Å². The van der Waals surface area contributed by atoms with Crippen LogP contribution in [0, 0.1) is 0 Å². The first kappa shape index (κ1) is 13.9. The zero-order valence-corrected chi connectivity index (χ0v) is 11.3. The molecule has 0 aliphatic carbocycles. The second kappa shape index (κ2) is 5.25. The average molecular weight is 296 g/mol. The van der Waals surface area contributed by atoms with Crippen molar-refractivity contribution >= 4 is 16.0 Å². The van der Waals surface area contributed by atoms with Gasteiger partial charge < -0.3 is 9.84 Å². The lowest BCUT2D eigenvalue weighted by molar-refractivity contribution is 0.0696. The molecule has 2 N–H and O–H groups in total. The van der Waals surface area contributed by atoms with Crippen LogP contribution in [0.4, 0.5) is 0 Å². The van der Waals surface area contributed by atoms with Crippen molar-refractivity contribution in [1.82, 2.24) is 4.68 Å². The van der Waals surface area contributed by atoms with Crippen LogP contribution in [-0.4, -0.2) is 31.3 Å². The van der Waals surface area contributed by atoms with E-state index in [4.69, 9.17) is 9.84 Å². The zero-order chi connectivity index (χ0) is 14.8. The third-order valence-electron chi connectivity index (χ3n) is 2.53. The third kappa shape index (κ3) is 2.75. The second-order valence-electron chi connectivity index (χ2n) is 3.86. The fourth-order valence-electron chi connectivity index (χ4n) is 1.60. The standard InChI is InChI=1S/C12H12N2O5S/c1-19-10-5-4-9(12(15)16)8-11(10)20(17,18)13-14-6-2-3-7-14/h2-8,13H,1H3,(H,15,16). The molecule has 1 heterocycles. The van der Waals surface area contributed by atoms with E-state index in [0.29, 0.717) is 0 Å². The van der Waals surface area contributed by atoms with Gasteiger partial charge in [0.1, 0.15) is 10.6 Å². The molecule has 7 nitrogen and oxygen atoms in total. The molecule has 106 valence electrons. The molecule has 0 spiro atoms. The molecule has 2 aromatic rings. The summed E-state index contributed by atoms with van der Waals surface area (Å²) < 4.78 is 30.7. The van der Waals surface area contributed by atoms with Crippen molar-refractivity contribution in [2.24, 2.45) is 0 Å². The van der Waals surface area contributed by atoms with Crippen LogP contribution in [0.5, 0.6) is 5.75 Å². The first-order valence-corrected chi connectivity index (χ1v) is 6.99. The van der Waals surface area contributed by atoms with Gasteiger partial charge >= 0.3 is 5.97 Å². The van der Waals surface area contributed by atoms with Gasteiger partial charge in [-0.05, 0) is 30.3 Å². The monoisotopic (exact) mass is 296 g/mol. The van der Waals surface area contributed by atoms with Gasteiger partial charge in [-0.1, -0.05) is 0 Å². The maximum atomic E-state index is 12.2. The van der Waals surface area contributed by atoms with Crippen molar-refractivity contribution in [3.05, 3.63) is 48.3 Å². The Hall–Kier alpha value is -2.48. The highest BCUT2D eigenvalue weighted by Crippen LogP contribution is 2.25. The van der Waals surface area contributed by atoms with Crippen molar-refractivity contribution in [3.63, 3.8) is 0 Å². The van der Waals surface area contributed by atoms with Gasteiger partial charge in [-0.15, -0.1) is 0 Å². The van der Waals surface area contributed by atoms with Gasteiger partial charge in [-0.3, -0.25) is 4.68 Å². The van der Waals surface area contributed by atoms with E-state index in [-0.39, 0.29) is 16.2 Å². The van der Waals surface area contributed by atoms with Gasteiger partial charge in [-0.25, -0.2) is 9.63 Å². The number of nitrogens with one attached hydrogen (secondary N) is 1. The highest BCUT2D eigenvalue weighted by atomic mass is 32.2. The number of aromatic carboxylic acids is 1. The molecular weight excluding hydrogens is 284 g/mol. The van der Waals surface area contributed by atoms with Crippen LogP contribution >= 0.6 is 0 Å².